The minimum Gasteiger partial charge on any atom is -0.357 e. The molecule has 0 spiro atoms. The molecule has 18 heavy (non-hydrogen) atoms. The fourth-order valence-electron chi connectivity index (χ4n) is 1.89. The number of nitrogens with zero attached hydrogens (tertiary/aromatic N) is 1. The van der Waals surface area contributed by atoms with E-state index in [1.165, 1.54) is 0 Å². The number of hydrogen-bond acceptors (Lipinski definition) is 1. The van der Waals surface area contributed by atoms with Gasteiger partial charge in [0, 0.05) is 17.8 Å². The van der Waals surface area contributed by atoms with E-state index < -0.39 is 0 Å². The molecule has 2 heteroatoms. The largest absolute Gasteiger partial charge is 0.357 e. The van der Waals surface area contributed by atoms with Gasteiger partial charge < -0.3 is 4.90 Å². The summed E-state index contributed by atoms with van der Waals surface area (Å²) < 4.78 is 0. The fraction of sp³-hybridized carbons (Fsp3) is 0.125. The van der Waals surface area contributed by atoms with Crippen LogP contribution in [0.25, 0.3) is 0 Å². The van der Waals surface area contributed by atoms with Crippen molar-refractivity contribution >= 4 is 17.3 Å². The Hall–Kier alpha value is -1.91. The topological polar surface area (TPSA) is 3.24 Å². The summed E-state index contributed by atoms with van der Waals surface area (Å²) in [6, 6.07) is 17.6. The minimum atomic E-state index is -0.0765. The Kier molecular flexibility index (Phi) is 3.92. The molecule has 2 aromatic rings. The molecular weight excluding hydrogens is 242 g/mol. The molecule has 1 nitrogen and oxygen atoms in total. The summed E-state index contributed by atoms with van der Waals surface area (Å²) in [5, 5.41) is 0.726. The molecule has 0 heterocycles. The fourth-order valence-corrected chi connectivity index (χ4v) is 2.02. The zero-order valence-electron chi connectivity index (χ0n) is 10.2. The van der Waals surface area contributed by atoms with E-state index in [9.17, 15) is 0 Å². The van der Waals surface area contributed by atoms with Gasteiger partial charge in [0.1, 0.15) is 6.04 Å². The van der Waals surface area contributed by atoms with Crippen molar-refractivity contribution in [1.29, 1.82) is 0 Å². The zero-order chi connectivity index (χ0) is 13.0. The van der Waals surface area contributed by atoms with Gasteiger partial charge in [-0.1, -0.05) is 47.9 Å². The Bertz CT molecular complexity index is 540. The van der Waals surface area contributed by atoms with Crippen LogP contribution < -0.4 is 4.90 Å². The quantitative estimate of drug-likeness (QED) is 0.745. The first kappa shape index (κ1) is 12.5. The number of terminal acetylenes is 1. The molecule has 90 valence electrons. The van der Waals surface area contributed by atoms with Crippen molar-refractivity contribution in [2.24, 2.45) is 0 Å². The molecule has 0 aromatic heterocycles. The minimum absolute atomic E-state index is 0.0765. The van der Waals surface area contributed by atoms with Gasteiger partial charge in [0.25, 0.3) is 0 Å². The second kappa shape index (κ2) is 5.62. The maximum absolute atomic E-state index is 5.89. The molecular formula is C16H14ClN. The van der Waals surface area contributed by atoms with E-state index in [1.54, 1.807) is 0 Å². The molecule has 0 aliphatic rings. The normalized spacial score (nSPS) is 11.6. The van der Waals surface area contributed by atoms with Crippen LogP contribution >= 0.6 is 11.6 Å². The Morgan fingerprint density at radius 3 is 2.22 bits per heavy atom. The van der Waals surface area contributed by atoms with Crippen LogP contribution in [-0.4, -0.2) is 7.05 Å². The summed E-state index contributed by atoms with van der Waals surface area (Å²) in [6.45, 7) is 0. The molecule has 0 saturated heterocycles. The third-order valence-corrected chi connectivity index (χ3v) is 3.15. The van der Waals surface area contributed by atoms with Crippen LogP contribution in [0.3, 0.4) is 0 Å². The summed E-state index contributed by atoms with van der Waals surface area (Å²) in [5.74, 6) is 2.82. The lowest BCUT2D eigenvalue weighted by Crippen LogP contribution is -2.22. The van der Waals surface area contributed by atoms with Crippen LogP contribution in [0.15, 0.2) is 54.6 Å². The van der Waals surface area contributed by atoms with Gasteiger partial charge in [-0.25, -0.2) is 0 Å². The third-order valence-electron chi connectivity index (χ3n) is 2.89. The highest BCUT2D eigenvalue weighted by atomic mass is 35.5. The van der Waals surface area contributed by atoms with Crippen molar-refractivity contribution < 1.29 is 0 Å². The second-order valence-corrected chi connectivity index (χ2v) is 4.50. The van der Waals surface area contributed by atoms with Crippen LogP contribution in [-0.2, 0) is 0 Å². The standard InChI is InChI=1S/C16H14ClN/c1-3-16(13-7-5-4-6-8-13)18(2)15-11-9-14(17)10-12-15/h1,4-12,16H,2H3/t16-/m0/s1. The van der Waals surface area contributed by atoms with Crippen LogP contribution in [0, 0.1) is 12.3 Å². The van der Waals surface area contributed by atoms with Crippen LogP contribution in [0.2, 0.25) is 5.02 Å². The zero-order valence-corrected chi connectivity index (χ0v) is 10.9. The third kappa shape index (κ3) is 2.67. The smallest absolute Gasteiger partial charge is 0.115 e. The van der Waals surface area contributed by atoms with Gasteiger partial charge in [-0.15, -0.1) is 6.42 Å². The SMILES string of the molecule is C#C[C@@H](c1ccccc1)N(C)c1ccc(Cl)cc1. The molecule has 1 atom stereocenters. The molecule has 0 aliphatic carbocycles. The van der Waals surface area contributed by atoms with Gasteiger partial charge in [0.15, 0.2) is 0 Å². The molecule has 0 aliphatic heterocycles. The Morgan fingerprint density at radius 2 is 1.67 bits per heavy atom. The predicted molar refractivity (Wildman–Crippen MR) is 77.9 cm³/mol. The van der Waals surface area contributed by atoms with Crippen molar-refractivity contribution in [3.8, 4) is 12.3 Å². The van der Waals surface area contributed by atoms with E-state index in [1.807, 2.05) is 61.6 Å². The second-order valence-electron chi connectivity index (χ2n) is 4.07. The number of halogens is 1. The summed E-state index contributed by atoms with van der Waals surface area (Å²) in [7, 11) is 1.99. The van der Waals surface area contributed by atoms with Crippen molar-refractivity contribution in [1.82, 2.24) is 0 Å². The predicted octanol–water partition coefficient (Wildman–Crippen LogP) is 4.15. The maximum atomic E-state index is 5.89. The highest BCUT2D eigenvalue weighted by molar-refractivity contribution is 6.30. The maximum Gasteiger partial charge on any atom is 0.115 e. The molecule has 0 N–H and O–H groups in total. The van der Waals surface area contributed by atoms with Crippen LogP contribution in [0.1, 0.15) is 11.6 Å². The molecule has 0 saturated carbocycles. The summed E-state index contributed by atoms with van der Waals surface area (Å²) in [6.07, 6.45) is 5.66. The van der Waals surface area contributed by atoms with Crippen LogP contribution in [0.5, 0.6) is 0 Å². The lowest BCUT2D eigenvalue weighted by Gasteiger charge is -2.26. The summed E-state index contributed by atoms with van der Waals surface area (Å²) >= 11 is 5.89. The van der Waals surface area contributed by atoms with E-state index in [4.69, 9.17) is 18.0 Å². The first-order valence-electron chi connectivity index (χ1n) is 5.72. The number of hydrogen-bond donors (Lipinski definition) is 0. The Balaban J connectivity index is 2.29. The number of anilines is 1. The molecule has 0 unspecified atom stereocenters. The van der Waals surface area contributed by atoms with E-state index in [0.29, 0.717) is 0 Å². The average Bonchev–Trinajstić information content (AvgIpc) is 2.41. The Morgan fingerprint density at radius 1 is 1.06 bits per heavy atom. The van der Waals surface area contributed by atoms with Gasteiger partial charge in [0.05, 0.1) is 0 Å². The van der Waals surface area contributed by atoms with Gasteiger partial charge in [-0.2, -0.15) is 0 Å². The molecule has 0 radical (unpaired) electrons. The monoisotopic (exact) mass is 255 g/mol. The summed E-state index contributed by atoms with van der Waals surface area (Å²) in [5.41, 5.74) is 2.16. The lowest BCUT2D eigenvalue weighted by atomic mass is 10.1. The van der Waals surface area contributed by atoms with E-state index in [2.05, 4.69) is 10.8 Å². The van der Waals surface area contributed by atoms with Gasteiger partial charge >= 0.3 is 0 Å². The Labute approximate surface area is 113 Å². The van der Waals surface area contributed by atoms with Crippen molar-refractivity contribution in [2.75, 3.05) is 11.9 Å². The van der Waals surface area contributed by atoms with Crippen molar-refractivity contribution in [3.63, 3.8) is 0 Å². The average molecular weight is 256 g/mol. The van der Waals surface area contributed by atoms with Crippen molar-refractivity contribution in [3.05, 3.63) is 65.2 Å². The molecule has 2 rings (SSSR count). The summed E-state index contributed by atoms with van der Waals surface area (Å²) in [4.78, 5) is 2.06. The highest BCUT2D eigenvalue weighted by Crippen LogP contribution is 2.25. The molecule has 0 amide bonds. The van der Waals surface area contributed by atoms with E-state index in [-0.39, 0.29) is 6.04 Å². The van der Waals surface area contributed by atoms with Gasteiger partial charge in [0.2, 0.25) is 0 Å². The first-order valence-corrected chi connectivity index (χ1v) is 6.09. The van der Waals surface area contributed by atoms with E-state index >= 15 is 0 Å². The number of rotatable bonds is 3. The first-order chi connectivity index (χ1) is 8.72. The molecule has 0 fully saturated rings. The van der Waals surface area contributed by atoms with Gasteiger partial charge in [-0.3, -0.25) is 0 Å². The van der Waals surface area contributed by atoms with Gasteiger partial charge in [-0.05, 0) is 29.8 Å². The van der Waals surface area contributed by atoms with Crippen molar-refractivity contribution in [2.45, 2.75) is 6.04 Å². The van der Waals surface area contributed by atoms with E-state index in [0.717, 1.165) is 16.3 Å². The van der Waals surface area contributed by atoms with Crippen LogP contribution in [0.4, 0.5) is 5.69 Å². The lowest BCUT2D eigenvalue weighted by molar-refractivity contribution is 0.835. The molecule has 2 aromatic carbocycles. The molecule has 0 bridgehead atoms. The highest BCUT2D eigenvalue weighted by Gasteiger charge is 2.14. The number of benzene rings is 2.